The Labute approximate surface area is 98.0 Å². The molecule has 1 aliphatic heterocycles. The van der Waals surface area contributed by atoms with Crippen LogP contribution in [-0.4, -0.2) is 46.7 Å². The number of nitrogens with one attached hydrogen (secondary N) is 1. The third-order valence-electron chi connectivity index (χ3n) is 2.10. The van der Waals surface area contributed by atoms with Gasteiger partial charge < -0.3 is 27.0 Å². The highest BCUT2D eigenvalue weighted by molar-refractivity contribution is 5.83. The fourth-order valence-corrected chi connectivity index (χ4v) is 1.20. The average Bonchev–Trinajstić information content (AvgIpc) is 2.69. The van der Waals surface area contributed by atoms with Gasteiger partial charge in [0.15, 0.2) is 0 Å². The molecule has 98 valence electrons. The molecule has 1 heterocycles. The fraction of sp³-hybridized carbons (Fsp3) is 0.667. The maximum Gasteiger partial charge on any atom is 0.321 e. The van der Waals surface area contributed by atoms with E-state index in [4.69, 9.17) is 15.9 Å². The van der Waals surface area contributed by atoms with E-state index in [0.29, 0.717) is 0 Å². The molecule has 1 aliphatic rings. The lowest BCUT2D eigenvalue weighted by Gasteiger charge is -1.99. The van der Waals surface area contributed by atoms with Crippen molar-refractivity contribution in [1.82, 2.24) is 5.32 Å². The van der Waals surface area contributed by atoms with Crippen molar-refractivity contribution < 1.29 is 24.6 Å². The summed E-state index contributed by atoms with van der Waals surface area (Å²) in [5, 5.41) is 19.3. The molecule has 0 bridgehead atoms. The molecule has 17 heavy (non-hydrogen) atoms. The van der Waals surface area contributed by atoms with Gasteiger partial charge in [-0.25, -0.2) is 0 Å². The summed E-state index contributed by atoms with van der Waals surface area (Å²) in [5.74, 6) is -2.64. The van der Waals surface area contributed by atoms with Gasteiger partial charge >= 0.3 is 11.9 Å². The number of primary amides is 1. The molecule has 7 N–H and O–H groups in total. The number of aliphatic carboxylic acids is 2. The first-order chi connectivity index (χ1) is 7.84. The smallest absolute Gasteiger partial charge is 0.321 e. The Morgan fingerprint density at radius 2 is 1.94 bits per heavy atom. The van der Waals surface area contributed by atoms with Gasteiger partial charge in [-0.05, 0) is 19.4 Å². The molecule has 1 fully saturated rings. The van der Waals surface area contributed by atoms with Gasteiger partial charge in [0.2, 0.25) is 5.91 Å². The highest BCUT2D eigenvalue weighted by Crippen LogP contribution is 2.03. The summed E-state index contributed by atoms with van der Waals surface area (Å²) in [7, 11) is 0. The Bertz CT molecular complexity index is 288. The lowest BCUT2D eigenvalue weighted by atomic mass is 10.2. The molecule has 0 aromatic carbocycles. The van der Waals surface area contributed by atoms with E-state index in [0.717, 1.165) is 19.4 Å². The van der Waals surface area contributed by atoms with Crippen LogP contribution in [0.25, 0.3) is 0 Å². The zero-order valence-corrected chi connectivity index (χ0v) is 9.26. The summed E-state index contributed by atoms with van der Waals surface area (Å²) >= 11 is 0. The Morgan fingerprint density at radius 1 is 1.35 bits per heavy atom. The van der Waals surface area contributed by atoms with Gasteiger partial charge in [-0.1, -0.05) is 0 Å². The summed E-state index contributed by atoms with van der Waals surface area (Å²) < 4.78 is 0. The molecule has 0 aromatic rings. The first kappa shape index (κ1) is 15.3. The van der Waals surface area contributed by atoms with E-state index in [1.165, 1.54) is 0 Å². The number of amides is 1. The molecule has 8 heteroatoms. The summed E-state index contributed by atoms with van der Waals surface area (Å²) in [4.78, 5) is 30.0. The van der Waals surface area contributed by atoms with Gasteiger partial charge in [0.05, 0.1) is 6.42 Å². The SMILES string of the molecule is NC(=O)C[C@H](N)C(=O)O.O=C(O)[C@@H]1CCCN1. The van der Waals surface area contributed by atoms with Crippen LogP contribution in [0.5, 0.6) is 0 Å². The second-order valence-electron chi connectivity index (χ2n) is 3.60. The molecule has 1 amide bonds. The highest BCUT2D eigenvalue weighted by atomic mass is 16.4. The zero-order chi connectivity index (χ0) is 13.4. The number of rotatable bonds is 4. The van der Waals surface area contributed by atoms with Crippen LogP contribution < -0.4 is 16.8 Å². The van der Waals surface area contributed by atoms with Crippen molar-refractivity contribution in [3.63, 3.8) is 0 Å². The van der Waals surface area contributed by atoms with E-state index in [2.05, 4.69) is 11.1 Å². The number of nitrogens with two attached hydrogens (primary N) is 2. The van der Waals surface area contributed by atoms with Crippen LogP contribution in [0.2, 0.25) is 0 Å². The van der Waals surface area contributed by atoms with Crippen LogP contribution in [0.3, 0.4) is 0 Å². The van der Waals surface area contributed by atoms with Crippen molar-refractivity contribution in [3.05, 3.63) is 0 Å². The lowest BCUT2D eigenvalue weighted by molar-refractivity contribution is -0.140. The average molecular weight is 247 g/mol. The van der Waals surface area contributed by atoms with Crippen LogP contribution in [0.1, 0.15) is 19.3 Å². The van der Waals surface area contributed by atoms with E-state index < -0.39 is 23.9 Å². The lowest BCUT2D eigenvalue weighted by Crippen LogP contribution is -2.34. The van der Waals surface area contributed by atoms with Crippen molar-refractivity contribution >= 4 is 17.8 Å². The van der Waals surface area contributed by atoms with Gasteiger partial charge in [0, 0.05) is 0 Å². The van der Waals surface area contributed by atoms with E-state index >= 15 is 0 Å². The number of carboxylic acids is 2. The van der Waals surface area contributed by atoms with Crippen LogP contribution in [0.4, 0.5) is 0 Å². The minimum absolute atomic E-state index is 0.269. The van der Waals surface area contributed by atoms with Gasteiger partial charge in [-0.3, -0.25) is 14.4 Å². The monoisotopic (exact) mass is 247 g/mol. The van der Waals surface area contributed by atoms with Crippen LogP contribution >= 0.6 is 0 Å². The molecule has 1 rings (SSSR count). The van der Waals surface area contributed by atoms with Crippen molar-refractivity contribution in [1.29, 1.82) is 0 Å². The molecule has 0 unspecified atom stereocenters. The summed E-state index contributed by atoms with van der Waals surface area (Å²) in [6, 6.07) is -1.43. The maximum absolute atomic E-state index is 10.1. The quantitative estimate of drug-likeness (QED) is 0.388. The molecule has 1 saturated heterocycles. The molecule has 8 nitrogen and oxygen atoms in total. The second kappa shape index (κ2) is 7.58. The number of carboxylic acid groups (broad SMARTS) is 2. The number of carbonyl (C=O) groups excluding carboxylic acids is 1. The largest absolute Gasteiger partial charge is 0.480 e. The topological polar surface area (TPSA) is 156 Å². The van der Waals surface area contributed by atoms with Crippen molar-refractivity contribution in [3.8, 4) is 0 Å². The van der Waals surface area contributed by atoms with E-state index in [1.807, 2.05) is 0 Å². The summed E-state index contributed by atoms with van der Waals surface area (Å²) in [6.07, 6.45) is 1.47. The van der Waals surface area contributed by atoms with E-state index in [1.54, 1.807) is 0 Å². The van der Waals surface area contributed by atoms with Crippen LogP contribution in [0, 0.1) is 0 Å². The van der Waals surface area contributed by atoms with Crippen molar-refractivity contribution in [2.24, 2.45) is 11.5 Å². The van der Waals surface area contributed by atoms with Crippen LogP contribution in [0.15, 0.2) is 0 Å². The Hall–Kier alpha value is -1.67. The molecule has 0 spiro atoms. The molecule has 0 saturated carbocycles. The molecular weight excluding hydrogens is 230 g/mol. The van der Waals surface area contributed by atoms with E-state index in [-0.39, 0.29) is 12.5 Å². The maximum atomic E-state index is 10.1. The number of hydrogen-bond acceptors (Lipinski definition) is 5. The van der Waals surface area contributed by atoms with Crippen molar-refractivity contribution in [2.75, 3.05) is 6.54 Å². The number of hydrogen-bond donors (Lipinski definition) is 5. The zero-order valence-electron chi connectivity index (χ0n) is 9.26. The Balaban J connectivity index is 0.000000302. The molecular formula is C9H17N3O5. The van der Waals surface area contributed by atoms with Crippen LogP contribution in [-0.2, 0) is 14.4 Å². The molecule has 0 aromatic heterocycles. The standard InChI is InChI=1S/C5H9NO2.C4H8N2O3/c7-5(8)4-2-1-3-6-4;5-2(4(8)9)1-3(6)7/h4,6H,1-3H2,(H,7,8);2H,1,5H2,(H2,6,7)(H,8,9)/t4-;2-/m00/s1. The first-order valence-corrected chi connectivity index (χ1v) is 5.07. The minimum Gasteiger partial charge on any atom is -0.480 e. The fourth-order valence-electron chi connectivity index (χ4n) is 1.20. The highest BCUT2D eigenvalue weighted by Gasteiger charge is 2.20. The third kappa shape index (κ3) is 7.25. The van der Waals surface area contributed by atoms with Gasteiger partial charge in [0.1, 0.15) is 12.1 Å². The predicted octanol–water partition coefficient (Wildman–Crippen LogP) is -1.90. The third-order valence-corrected chi connectivity index (χ3v) is 2.10. The van der Waals surface area contributed by atoms with E-state index in [9.17, 15) is 14.4 Å². The van der Waals surface area contributed by atoms with Crippen molar-refractivity contribution in [2.45, 2.75) is 31.3 Å². The normalized spacial score (nSPS) is 19.9. The minimum atomic E-state index is -1.21. The first-order valence-electron chi connectivity index (χ1n) is 5.07. The van der Waals surface area contributed by atoms with Gasteiger partial charge in [-0.15, -0.1) is 0 Å². The Morgan fingerprint density at radius 3 is 2.12 bits per heavy atom. The molecule has 2 atom stereocenters. The number of carbonyl (C=O) groups is 3. The molecule has 0 aliphatic carbocycles. The predicted molar refractivity (Wildman–Crippen MR) is 58.1 cm³/mol. The Kier molecular flexibility index (Phi) is 6.83. The van der Waals surface area contributed by atoms with Gasteiger partial charge in [-0.2, -0.15) is 0 Å². The molecule has 0 radical (unpaired) electrons. The van der Waals surface area contributed by atoms with Gasteiger partial charge in [0.25, 0.3) is 0 Å². The summed E-state index contributed by atoms with van der Waals surface area (Å²) in [5.41, 5.74) is 9.57. The second-order valence-corrected chi connectivity index (χ2v) is 3.60. The summed E-state index contributed by atoms with van der Waals surface area (Å²) in [6.45, 7) is 0.858.